The molecule has 1 fully saturated rings. The molecule has 3 aromatic carbocycles. The van der Waals surface area contributed by atoms with Crippen molar-refractivity contribution in [3.63, 3.8) is 0 Å². The van der Waals surface area contributed by atoms with Gasteiger partial charge in [0, 0.05) is 28.3 Å². The highest BCUT2D eigenvalue weighted by atomic mass is 32.2. The molecule has 0 bridgehead atoms. The summed E-state index contributed by atoms with van der Waals surface area (Å²) < 4.78 is 61.9. The number of fused-ring (bicyclic) bond motifs is 1. The van der Waals surface area contributed by atoms with E-state index in [-0.39, 0.29) is 0 Å². The minimum atomic E-state index is -4.38. The van der Waals surface area contributed by atoms with Crippen molar-refractivity contribution in [2.24, 2.45) is 0 Å². The first-order chi connectivity index (χ1) is 15.8. The average Bonchev–Trinajstić information content (AvgIpc) is 3.58. The Morgan fingerprint density at radius 1 is 0.970 bits per heavy atom. The van der Waals surface area contributed by atoms with Crippen LogP contribution in [-0.2, 0) is 17.4 Å². The highest BCUT2D eigenvalue weighted by Crippen LogP contribution is 2.43. The first kappa shape index (κ1) is 21.6. The number of hydrazine groups is 1. The predicted octanol–water partition coefficient (Wildman–Crippen LogP) is 5.30. The summed E-state index contributed by atoms with van der Waals surface area (Å²) in [5, 5.41) is 5.85. The van der Waals surface area contributed by atoms with Crippen molar-refractivity contribution in [1.29, 1.82) is 0 Å². The van der Waals surface area contributed by atoms with Crippen molar-refractivity contribution in [2.75, 3.05) is 5.43 Å². The van der Waals surface area contributed by atoms with Crippen molar-refractivity contribution in [1.82, 2.24) is 14.6 Å². The molecule has 2 N–H and O–H groups in total. The smallest absolute Gasteiger partial charge is 0.416 e. The Morgan fingerprint density at radius 2 is 1.64 bits per heavy atom. The normalized spacial score (nSPS) is 15.0. The van der Waals surface area contributed by atoms with Crippen LogP contribution >= 0.6 is 0 Å². The van der Waals surface area contributed by atoms with Gasteiger partial charge >= 0.3 is 6.18 Å². The second-order valence-corrected chi connectivity index (χ2v) is 8.56. The Labute approximate surface area is 189 Å². The lowest BCUT2D eigenvalue weighted by Crippen LogP contribution is -2.23. The van der Waals surface area contributed by atoms with Gasteiger partial charge in [-0.25, -0.2) is 4.68 Å². The van der Waals surface area contributed by atoms with Crippen LogP contribution in [0.4, 0.5) is 18.9 Å². The monoisotopic (exact) mass is 471 g/mol. The van der Waals surface area contributed by atoms with E-state index in [2.05, 4.69) is 10.3 Å². The van der Waals surface area contributed by atoms with Crippen LogP contribution in [0.5, 0.6) is 0 Å². The Bertz CT molecular complexity index is 1330. The second-order valence-electron chi connectivity index (χ2n) is 7.89. The molecule has 1 atom stereocenters. The molecule has 5 rings (SSSR count). The van der Waals surface area contributed by atoms with Crippen LogP contribution in [0, 0.1) is 0 Å². The highest BCUT2D eigenvalue weighted by Gasteiger charge is 2.31. The number of hydrogen-bond acceptors (Lipinski definition) is 4. The van der Waals surface area contributed by atoms with E-state index in [1.807, 2.05) is 35.0 Å². The number of anilines is 1. The Morgan fingerprint density at radius 3 is 2.24 bits per heavy atom. The molecule has 1 aliphatic rings. The van der Waals surface area contributed by atoms with Gasteiger partial charge in [0.15, 0.2) is 0 Å². The average molecular weight is 471 g/mol. The maximum absolute atomic E-state index is 12.9. The van der Waals surface area contributed by atoms with Crippen LogP contribution in [0.2, 0.25) is 0 Å². The van der Waals surface area contributed by atoms with Crippen LogP contribution < -0.4 is 10.3 Å². The van der Waals surface area contributed by atoms with Gasteiger partial charge in [-0.05, 0) is 66.4 Å². The quantitative estimate of drug-likeness (QED) is 0.295. The van der Waals surface area contributed by atoms with Crippen molar-refractivity contribution in [2.45, 2.75) is 24.9 Å². The zero-order chi connectivity index (χ0) is 23.2. The summed E-state index contributed by atoms with van der Waals surface area (Å²) in [6, 6.07) is 18.0. The molecule has 0 amide bonds. The fraction of sp³-hybridized carbons (Fsp3) is 0.174. The van der Waals surface area contributed by atoms with E-state index in [0.717, 1.165) is 52.8 Å². The molecule has 0 spiro atoms. The first-order valence-electron chi connectivity index (χ1n) is 10.2. The van der Waals surface area contributed by atoms with Crippen LogP contribution in [0.15, 0.2) is 66.7 Å². The minimum Gasteiger partial charge on any atom is -0.759 e. The molecule has 170 valence electrons. The summed E-state index contributed by atoms with van der Waals surface area (Å²) in [4.78, 5) is 2.09. The molecule has 6 nitrogen and oxygen atoms in total. The van der Waals surface area contributed by atoms with E-state index in [4.69, 9.17) is 5.10 Å². The van der Waals surface area contributed by atoms with Crippen LogP contribution in [0.1, 0.15) is 30.0 Å². The van der Waals surface area contributed by atoms with E-state index < -0.39 is 23.0 Å². The molecule has 10 heteroatoms. The van der Waals surface area contributed by atoms with E-state index in [1.165, 1.54) is 12.1 Å². The molecule has 1 unspecified atom stereocenters. The molecule has 0 saturated heterocycles. The van der Waals surface area contributed by atoms with Crippen molar-refractivity contribution >= 4 is 27.9 Å². The van der Waals surface area contributed by atoms with E-state index in [1.54, 1.807) is 12.1 Å². The number of nitrogens with zero attached hydrogens (tertiary/aromatic N) is 2. The third-order valence-electron chi connectivity index (χ3n) is 5.61. The topological polar surface area (TPSA) is 82.0 Å². The summed E-state index contributed by atoms with van der Waals surface area (Å²) in [6.45, 7) is 0. The SMILES string of the molecule is O=S([O-])NNc1ccc(-n2nc(C3CC3)c3ccc(-c4ccc(C(F)(F)F)cc4)cc32)cc1. The molecule has 1 aliphatic carbocycles. The Hall–Kier alpha value is -3.21. The van der Waals surface area contributed by atoms with Crippen LogP contribution in [0.25, 0.3) is 27.7 Å². The molecule has 1 aromatic heterocycles. The highest BCUT2D eigenvalue weighted by molar-refractivity contribution is 7.77. The standard InChI is InChI=1S/C23H19F3N4O2S/c24-23(25,26)17-6-3-14(4-7-17)16-5-12-20-21(13-16)30(28-22(20)15-1-2-15)19-10-8-18(9-11-19)27-29-33(31)32/h3-13,15,27,29H,1-2H2,(H,31,32)/p-1. The summed E-state index contributed by atoms with van der Waals surface area (Å²) in [5.74, 6) is 0.405. The lowest BCUT2D eigenvalue weighted by atomic mass is 10.0. The van der Waals surface area contributed by atoms with Crippen LogP contribution in [0.3, 0.4) is 0 Å². The zero-order valence-electron chi connectivity index (χ0n) is 17.1. The fourth-order valence-corrected chi connectivity index (χ4v) is 4.01. The Balaban J connectivity index is 1.54. The van der Waals surface area contributed by atoms with Crippen LogP contribution in [-0.4, -0.2) is 18.5 Å². The summed E-state index contributed by atoms with van der Waals surface area (Å²) in [5.41, 5.74) is 6.57. The number of alkyl halides is 3. The number of nitrogens with one attached hydrogen (secondary N) is 2. The maximum Gasteiger partial charge on any atom is 0.416 e. The second kappa shape index (κ2) is 8.29. The van der Waals surface area contributed by atoms with Gasteiger partial charge in [-0.1, -0.05) is 24.3 Å². The number of benzene rings is 3. The van der Waals surface area contributed by atoms with Crippen molar-refractivity contribution in [3.8, 4) is 16.8 Å². The third kappa shape index (κ3) is 4.50. The third-order valence-corrected chi connectivity index (χ3v) is 5.88. The van der Waals surface area contributed by atoms with Crippen molar-refractivity contribution in [3.05, 3.63) is 78.0 Å². The Kier molecular flexibility index (Phi) is 5.43. The number of aromatic nitrogens is 2. The minimum absolute atomic E-state index is 0.405. The van der Waals surface area contributed by atoms with Gasteiger partial charge in [0.2, 0.25) is 0 Å². The molecule has 33 heavy (non-hydrogen) atoms. The van der Waals surface area contributed by atoms with Gasteiger partial charge in [0.1, 0.15) is 0 Å². The lowest BCUT2D eigenvalue weighted by Gasteiger charge is -2.11. The predicted molar refractivity (Wildman–Crippen MR) is 119 cm³/mol. The van der Waals surface area contributed by atoms with E-state index >= 15 is 0 Å². The summed E-state index contributed by atoms with van der Waals surface area (Å²) in [6.07, 6.45) is -2.22. The molecule has 4 aromatic rings. The summed E-state index contributed by atoms with van der Waals surface area (Å²) >= 11 is -2.44. The number of hydrogen-bond donors (Lipinski definition) is 2. The van der Waals surface area contributed by atoms with Crippen molar-refractivity contribution < 1.29 is 21.9 Å². The summed E-state index contributed by atoms with van der Waals surface area (Å²) in [7, 11) is 0. The molecule has 1 heterocycles. The lowest BCUT2D eigenvalue weighted by molar-refractivity contribution is -0.137. The molecular weight excluding hydrogens is 453 g/mol. The molecule has 0 aliphatic heterocycles. The number of halogens is 3. The maximum atomic E-state index is 12.9. The fourth-order valence-electron chi connectivity index (χ4n) is 3.81. The number of rotatable bonds is 6. The largest absolute Gasteiger partial charge is 0.759 e. The van der Waals surface area contributed by atoms with Gasteiger partial charge in [0.05, 0.1) is 22.5 Å². The molecule has 1 saturated carbocycles. The zero-order valence-corrected chi connectivity index (χ0v) is 17.9. The molecule has 0 radical (unpaired) electrons. The van der Waals surface area contributed by atoms with E-state index in [0.29, 0.717) is 17.2 Å². The van der Waals surface area contributed by atoms with E-state index in [9.17, 15) is 21.9 Å². The van der Waals surface area contributed by atoms with Gasteiger partial charge < -0.3 is 9.98 Å². The van der Waals surface area contributed by atoms with Gasteiger partial charge in [-0.3, -0.25) is 4.21 Å². The first-order valence-corrected chi connectivity index (χ1v) is 11.3. The molecular formula is C23H18F3N4O2S-. The van der Waals surface area contributed by atoms with Gasteiger partial charge in [-0.2, -0.15) is 23.1 Å². The van der Waals surface area contributed by atoms with Gasteiger partial charge in [-0.15, -0.1) is 0 Å². The van der Waals surface area contributed by atoms with Gasteiger partial charge in [0.25, 0.3) is 0 Å².